The van der Waals surface area contributed by atoms with E-state index in [0.29, 0.717) is 49.6 Å². The van der Waals surface area contributed by atoms with Gasteiger partial charge in [0.05, 0.1) is 19.3 Å². The van der Waals surface area contributed by atoms with Crippen LogP contribution < -0.4 is 25.4 Å². The standard InChI is InChI=1S/C34H49N3O11/c1-22(31(39)42-2)37-30(38)13-11-25-16-27(46-33(41)36-19-24-10-12-28-29(15-24)45-21-44-28)17-34(47-25)14-6-9-26(48-34)20-43-32(40)35-18-23-7-4-3-5-8-23/h10,12,15,22-23,25-27H,3-9,11,13-14,16-21H2,1-2H3,(H,35,40)(H,36,41)(H,37,38)/t22-,25?,26?,27?,34?/m0/s1. The third kappa shape index (κ3) is 10.4. The fourth-order valence-corrected chi connectivity index (χ4v) is 6.86. The highest BCUT2D eigenvalue weighted by molar-refractivity contribution is 5.84. The second kappa shape index (κ2) is 17.0. The highest BCUT2D eigenvalue weighted by atomic mass is 16.7. The monoisotopic (exact) mass is 675 g/mol. The van der Waals surface area contributed by atoms with Gasteiger partial charge in [-0.1, -0.05) is 25.3 Å². The maximum Gasteiger partial charge on any atom is 0.407 e. The third-order valence-electron chi connectivity index (χ3n) is 9.34. The zero-order valence-corrected chi connectivity index (χ0v) is 27.9. The summed E-state index contributed by atoms with van der Waals surface area (Å²) < 4.78 is 39.8. The second-order valence-electron chi connectivity index (χ2n) is 13.1. The van der Waals surface area contributed by atoms with Gasteiger partial charge < -0.3 is 49.1 Å². The first-order valence-corrected chi connectivity index (χ1v) is 17.2. The summed E-state index contributed by atoms with van der Waals surface area (Å²) in [6, 6.07) is 4.66. The molecule has 14 nitrogen and oxygen atoms in total. The van der Waals surface area contributed by atoms with Crippen molar-refractivity contribution in [3.8, 4) is 11.5 Å². The van der Waals surface area contributed by atoms with E-state index in [1.54, 1.807) is 13.0 Å². The average molecular weight is 676 g/mol. The van der Waals surface area contributed by atoms with E-state index in [2.05, 4.69) is 16.0 Å². The summed E-state index contributed by atoms with van der Waals surface area (Å²) in [4.78, 5) is 49.8. The smallest absolute Gasteiger partial charge is 0.407 e. The van der Waals surface area contributed by atoms with Gasteiger partial charge in [-0.3, -0.25) is 4.79 Å². The van der Waals surface area contributed by atoms with Crippen LogP contribution in [0, 0.1) is 5.92 Å². The number of fused-ring (bicyclic) bond motifs is 1. The van der Waals surface area contributed by atoms with Gasteiger partial charge in [-0.15, -0.1) is 0 Å². The SMILES string of the molecule is COC(=O)[C@H](C)NC(=O)CCC1CC(OC(=O)NCc2ccc3c(c2)OCO3)CC2(CCCC(COC(=O)NCC3CCCCC3)O2)O1. The van der Waals surface area contributed by atoms with Gasteiger partial charge in [-0.05, 0) is 62.6 Å². The Morgan fingerprint density at radius 3 is 2.56 bits per heavy atom. The van der Waals surface area contributed by atoms with Crippen molar-refractivity contribution in [1.82, 2.24) is 16.0 Å². The lowest BCUT2D eigenvalue weighted by molar-refractivity contribution is -0.329. The van der Waals surface area contributed by atoms with E-state index in [9.17, 15) is 19.2 Å². The van der Waals surface area contributed by atoms with Crippen LogP contribution in [0.1, 0.15) is 89.5 Å². The summed E-state index contributed by atoms with van der Waals surface area (Å²) in [6.45, 7) is 2.62. The normalized spacial score (nSPS) is 25.8. The Bertz CT molecular complexity index is 1270. The molecule has 48 heavy (non-hydrogen) atoms. The molecule has 0 aromatic heterocycles. The summed E-state index contributed by atoms with van der Waals surface area (Å²) in [5, 5.41) is 8.32. The Hall–Kier alpha value is -3.78. The zero-order chi connectivity index (χ0) is 33.9. The van der Waals surface area contributed by atoms with Crippen molar-refractivity contribution in [2.45, 2.75) is 121 Å². The van der Waals surface area contributed by atoms with Crippen molar-refractivity contribution in [2.24, 2.45) is 5.92 Å². The van der Waals surface area contributed by atoms with E-state index in [0.717, 1.165) is 24.8 Å². The van der Waals surface area contributed by atoms with Gasteiger partial charge in [0.15, 0.2) is 17.3 Å². The molecule has 3 fully saturated rings. The molecule has 3 aliphatic heterocycles. The number of carbonyl (C=O) groups excluding carboxylic acids is 4. The topological polar surface area (TPSA) is 169 Å². The largest absolute Gasteiger partial charge is 0.467 e. The molecule has 5 rings (SSSR count). The van der Waals surface area contributed by atoms with Crippen LogP contribution in [0.2, 0.25) is 0 Å². The van der Waals surface area contributed by atoms with E-state index >= 15 is 0 Å². The second-order valence-corrected chi connectivity index (χ2v) is 13.1. The Balaban J connectivity index is 1.16. The number of hydrogen-bond acceptors (Lipinski definition) is 11. The first kappa shape index (κ1) is 35.5. The maximum absolute atomic E-state index is 13.0. The lowest BCUT2D eigenvalue weighted by atomic mass is 9.89. The number of esters is 1. The summed E-state index contributed by atoms with van der Waals surface area (Å²) in [6.07, 6.45) is 6.44. The van der Waals surface area contributed by atoms with Crippen LogP contribution >= 0.6 is 0 Å². The molecular formula is C34H49N3O11. The van der Waals surface area contributed by atoms with Gasteiger partial charge in [0.25, 0.3) is 0 Å². The molecule has 4 unspecified atom stereocenters. The van der Waals surface area contributed by atoms with Crippen LogP contribution in [0.25, 0.3) is 0 Å². The summed E-state index contributed by atoms with van der Waals surface area (Å²) >= 11 is 0. The van der Waals surface area contributed by atoms with Gasteiger partial charge in [-0.2, -0.15) is 0 Å². The number of rotatable bonds is 12. The minimum absolute atomic E-state index is 0.0711. The Kier molecular flexibility index (Phi) is 12.6. The number of benzene rings is 1. The molecule has 3 N–H and O–H groups in total. The van der Waals surface area contributed by atoms with Crippen LogP contribution in [0.4, 0.5) is 9.59 Å². The van der Waals surface area contributed by atoms with Crippen molar-refractivity contribution in [3.63, 3.8) is 0 Å². The van der Waals surface area contributed by atoms with Gasteiger partial charge >= 0.3 is 18.2 Å². The summed E-state index contributed by atoms with van der Waals surface area (Å²) in [5.74, 6) is -0.175. The number of methoxy groups -OCH3 is 1. The van der Waals surface area contributed by atoms with E-state index in [4.69, 9.17) is 33.2 Å². The van der Waals surface area contributed by atoms with Crippen molar-refractivity contribution in [2.75, 3.05) is 27.1 Å². The molecule has 266 valence electrons. The number of hydrogen-bond donors (Lipinski definition) is 3. The molecule has 0 radical (unpaired) electrons. The molecule has 3 amide bonds. The van der Waals surface area contributed by atoms with E-state index in [-0.39, 0.29) is 38.7 Å². The lowest BCUT2D eigenvalue weighted by Gasteiger charge is -2.47. The molecular weight excluding hydrogens is 626 g/mol. The minimum atomic E-state index is -1.08. The van der Waals surface area contributed by atoms with Crippen LogP contribution in [0.3, 0.4) is 0 Å². The number of carbonyl (C=O) groups is 4. The van der Waals surface area contributed by atoms with Crippen LogP contribution in [-0.2, 0) is 39.8 Å². The molecule has 1 aromatic rings. The first-order chi connectivity index (χ1) is 23.2. The molecule has 14 heteroatoms. The van der Waals surface area contributed by atoms with Crippen molar-refractivity contribution in [1.29, 1.82) is 0 Å². The predicted molar refractivity (Wildman–Crippen MR) is 170 cm³/mol. The van der Waals surface area contributed by atoms with Gasteiger partial charge in [-0.25, -0.2) is 14.4 Å². The van der Waals surface area contributed by atoms with Crippen LogP contribution in [0.15, 0.2) is 18.2 Å². The summed E-state index contributed by atoms with van der Waals surface area (Å²) in [5.41, 5.74) is 0.825. The molecule has 1 aromatic carbocycles. The molecule has 1 aliphatic carbocycles. The van der Waals surface area contributed by atoms with Crippen LogP contribution in [-0.4, -0.2) is 81.3 Å². The fraction of sp³-hybridized carbons (Fsp3) is 0.706. The minimum Gasteiger partial charge on any atom is -0.467 e. The van der Waals surface area contributed by atoms with E-state index < -0.39 is 48.3 Å². The van der Waals surface area contributed by atoms with Crippen LogP contribution in [0.5, 0.6) is 11.5 Å². The predicted octanol–water partition coefficient (Wildman–Crippen LogP) is 4.22. The Labute approximate surface area is 281 Å². The molecule has 1 spiro atoms. The third-order valence-corrected chi connectivity index (χ3v) is 9.34. The molecule has 5 atom stereocenters. The van der Waals surface area contributed by atoms with Crippen molar-refractivity contribution >= 4 is 24.1 Å². The number of alkyl carbamates (subject to hydrolysis) is 2. The van der Waals surface area contributed by atoms with E-state index in [1.165, 1.54) is 26.4 Å². The van der Waals surface area contributed by atoms with Gasteiger partial charge in [0.2, 0.25) is 12.7 Å². The molecule has 3 heterocycles. The number of nitrogens with one attached hydrogen (secondary N) is 3. The van der Waals surface area contributed by atoms with E-state index in [1.807, 2.05) is 12.1 Å². The fourth-order valence-electron chi connectivity index (χ4n) is 6.86. The lowest BCUT2D eigenvalue weighted by Crippen LogP contribution is -2.53. The van der Waals surface area contributed by atoms with Crippen molar-refractivity contribution in [3.05, 3.63) is 23.8 Å². The van der Waals surface area contributed by atoms with Gasteiger partial charge in [0, 0.05) is 38.8 Å². The zero-order valence-electron chi connectivity index (χ0n) is 27.9. The molecule has 0 bridgehead atoms. The first-order valence-electron chi connectivity index (χ1n) is 17.2. The summed E-state index contributed by atoms with van der Waals surface area (Å²) in [7, 11) is 1.26. The maximum atomic E-state index is 13.0. The highest BCUT2D eigenvalue weighted by Crippen LogP contribution is 2.41. The molecule has 2 saturated heterocycles. The Morgan fingerprint density at radius 1 is 0.958 bits per heavy atom. The highest BCUT2D eigenvalue weighted by Gasteiger charge is 2.47. The number of ether oxygens (including phenoxy) is 7. The molecule has 4 aliphatic rings. The van der Waals surface area contributed by atoms with Gasteiger partial charge in [0.1, 0.15) is 18.8 Å². The number of amides is 3. The quantitative estimate of drug-likeness (QED) is 0.214. The Morgan fingerprint density at radius 2 is 1.75 bits per heavy atom. The molecule has 1 saturated carbocycles. The van der Waals surface area contributed by atoms with Crippen molar-refractivity contribution < 1.29 is 52.3 Å². The average Bonchev–Trinajstić information content (AvgIpc) is 3.56.